The smallest absolute Gasteiger partial charge is 0.209 e. The number of hydrogen-bond donors (Lipinski definition) is 0. The fraction of sp³-hybridized carbons (Fsp3) is 0.889. The van der Waals surface area contributed by atoms with E-state index in [9.17, 15) is 4.79 Å². The molecule has 1 saturated heterocycles. The lowest BCUT2D eigenvalue weighted by Crippen LogP contribution is -2.38. The Kier molecular flexibility index (Phi) is 3.53. The van der Waals surface area contributed by atoms with Crippen molar-refractivity contribution in [2.24, 2.45) is 0 Å². The van der Waals surface area contributed by atoms with Gasteiger partial charge in [-0.25, -0.2) is 0 Å². The van der Waals surface area contributed by atoms with Crippen molar-refractivity contribution in [2.45, 2.75) is 25.8 Å². The average molecular weight is 170 g/mol. The van der Waals surface area contributed by atoms with Gasteiger partial charge < -0.3 is 4.90 Å². The monoisotopic (exact) mass is 170 g/mol. The number of likely N-dealkylation sites (N-methyl/N-ethyl adjacent to an activating group) is 2. The lowest BCUT2D eigenvalue weighted by Gasteiger charge is -2.25. The molecule has 0 aromatic rings. The van der Waals surface area contributed by atoms with Crippen LogP contribution in [0.15, 0.2) is 0 Å². The van der Waals surface area contributed by atoms with Crippen LogP contribution in [0.2, 0.25) is 0 Å². The average Bonchev–Trinajstić information content (AvgIpc) is 2.51. The normalized spacial score (nSPS) is 24.3. The van der Waals surface area contributed by atoms with Crippen molar-refractivity contribution in [2.75, 3.05) is 26.7 Å². The quantitative estimate of drug-likeness (QED) is 0.576. The lowest BCUT2D eigenvalue weighted by molar-refractivity contribution is -0.117. The molecule has 3 heteroatoms. The van der Waals surface area contributed by atoms with Crippen LogP contribution in [0.4, 0.5) is 0 Å². The van der Waals surface area contributed by atoms with Crippen LogP contribution < -0.4 is 0 Å². The van der Waals surface area contributed by atoms with Crippen LogP contribution in [0.5, 0.6) is 0 Å². The highest BCUT2D eigenvalue weighted by molar-refractivity contribution is 5.46. The van der Waals surface area contributed by atoms with Crippen LogP contribution in [0.1, 0.15) is 19.8 Å². The van der Waals surface area contributed by atoms with Crippen molar-refractivity contribution >= 4 is 6.41 Å². The second kappa shape index (κ2) is 4.45. The molecule has 0 aromatic carbocycles. The fourth-order valence-corrected chi connectivity index (χ4v) is 1.89. The van der Waals surface area contributed by atoms with Crippen LogP contribution in [-0.2, 0) is 4.79 Å². The Balaban J connectivity index is 2.34. The number of carbonyl (C=O) groups is 1. The van der Waals surface area contributed by atoms with Crippen LogP contribution >= 0.6 is 0 Å². The van der Waals surface area contributed by atoms with Crippen LogP contribution in [0.25, 0.3) is 0 Å². The first-order valence-electron chi connectivity index (χ1n) is 4.67. The summed E-state index contributed by atoms with van der Waals surface area (Å²) >= 11 is 0. The van der Waals surface area contributed by atoms with Gasteiger partial charge in [-0.05, 0) is 25.9 Å². The van der Waals surface area contributed by atoms with Gasteiger partial charge in [0.25, 0.3) is 0 Å². The van der Waals surface area contributed by atoms with Crippen molar-refractivity contribution in [3.63, 3.8) is 0 Å². The van der Waals surface area contributed by atoms with Crippen molar-refractivity contribution < 1.29 is 4.79 Å². The highest BCUT2D eigenvalue weighted by Crippen LogP contribution is 2.16. The molecule has 3 nitrogen and oxygen atoms in total. The van der Waals surface area contributed by atoms with E-state index in [0.29, 0.717) is 6.04 Å². The fourth-order valence-electron chi connectivity index (χ4n) is 1.89. The summed E-state index contributed by atoms with van der Waals surface area (Å²) in [4.78, 5) is 14.6. The molecule has 0 bridgehead atoms. The number of hydrogen-bond acceptors (Lipinski definition) is 2. The van der Waals surface area contributed by atoms with E-state index in [4.69, 9.17) is 0 Å². The molecule has 1 aliphatic heterocycles. The van der Waals surface area contributed by atoms with Gasteiger partial charge in [-0.1, -0.05) is 6.92 Å². The second-order valence-electron chi connectivity index (χ2n) is 3.47. The number of rotatable bonds is 4. The summed E-state index contributed by atoms with van der Waals surface area (Å²) in [7, 11) is 1.85. The molecule has 0 N–H and O–H groups in total. The van der Waals surface area contributed by atoms with E-state index in [2.05, 4.69) is 11.8 Å². The molecule has 1 aliphatic rings. The molecule has 1 amide bonds. The van der Waals surface area contributed by atoms with Crippen molar-refractivity contribution in [1.29, 1.82) is 0 Å². The van der Waals surface area contributed by atoms with E-state index in [1.165, 1.54) is 19.4 Å². The largest absolute Gasteiger partial charge is 0.347 e. The summed E-state index contributed by atoms with van der Waals surface area (Å²) in [6.07, 6.45) is 3.43. The standard InChI is InChI=1S/C9H18N2O/c1-3-11-6-4-5-9(11)7-10(2)8-12/h8-9H,3-7H2,1-2H3. The van der Waals surface area contributed by atoms with E-state index in [1.54, 1.807) is 4.90 Å². The third-order valence-electron chi connectivity index (χ3n) is 2.58. The second-order valence-corrected chi connectivity index (χ2v) is 3.47. The predicted octanol–water partition coefficient (Wildman–Crippen LogP) is 0.559. The van der Waals surface area contributed by atoms with E-state index >= 15 is 0 Å². The molecule has 0 aliphatic carbocycles. The summed E-state index contributed by atoms with van der Waals surface area (Å²) in [5.74, 6) is 0. The predicted molar refractivity (Wildman–Crippen MR) is 49.0 cm³/mol. The Bertz CT molecular complexity index is 149. The van der Waals surface area contributed by atoms with E-state index < -0.39 is 0 Å². The zero-order valence-electron chi connectivity index (χ0n) is 7.99. The van der Waals surface area contributed by atoms with E-state index in [1.807, 2.05) is 7.05 Å². The molecule has 12 heavy (non-hydrogen) atoms. The Hall–Kier alpha value is -0.570. The van der Waals surface area contributed by atoms with E-state index in [-0.39, 0.29) is 0 Å². The third-order valence-corrected chi connectivity index (χ3v) is 2.58. The number of likely N-dealkylation sites (tertiary alicyclic amines) is 1. The van der Waals surface area contributed by atoms with Gasteiger partial charge in [-0.15, -0.1) is 0 Å². The Morgan fingerprint density at radius 3 is 3.00 bits per heavy atom. The Morgan fingerprint density at radius 1 is 1.67 bits per heavy atom. The lowest BCUT2D eigenvalue weighted by atomic mass is 10.2. The summed E-state index contributed by atoms with van der Waals surface area (Å²) in [6.45, 7) is 5.38. The summed E-state index contributed by atoms with van der Waals surface area (Å²) in [6, 6.07) is 0.602. The molecule has 1 fully saturated rings. The summed E-state index contributed by atoms with van der Waals surface area (Å²) in [5.41, 5.74) is 0. The van der Waals surface area contributed by atoms with Crippen molar-refractivity contribution in [3.8, 4) is 0 Å². The van der Waals surface area contributed by atoms with Crippen LogP contribution in [-0.4, -0.2) is 48.9 Å². The molecule has 0 saturated carbocycles. The minimum Gasteiger partial charge on any atom is -0.347 e. The first kappa shape index (κ1) is 9.52. The summed E-state index contributed by atoms with van der Waals surface area (Å²) < 4.78 is 0. The van der Waals surface area contributed by atoms with Crippen molar-refractivity contribution in [1.82, 2.24) is 9.80 Å². The van der Waals surface area contributed by atoms with Gasteiger partial charge in [0.1, 0.15) is 0 Å². The van der Waals surface area contributed by atoms with E-state index in [0.717, 1.165) is 19.5 Å². The molecule has 1 atom stereocenters. The highest BCUT2D eigenvalue weighted by atomic mass is 16.1. The molecule has 1 heterocycles. The van der Waals surface area contributed by atoms with Gasteiger partial charge in [0.05, 0.1) is 0 Å². The maximum atomic E-state index is 10.4. The van der Waals surface area contributed by atoms with Gasteiger partial charge in [-0.2, -0.15) is 0 Å². The maximum Gasteiger partial charge on any atom is 0.209 e. The number of nitrogens with zero attached hydrogens (tertiary/aromatic N) is 2. The SMILES string of the molecule is CCN1CCCC1CN(C)C=O. The van der Waals surface area contributed by atoms with Crippen LogP contribution in [0.3, 0.4) is 0 Å². The first-order chi connectivity index (χ1) is 5.77. The Labute approximate surface area is 74.3 Å². The van der Waals surface area contributed by atoms with Gasteiger partial charge in [0.2, 0.25) is 6.41 Å². The van der Waals surface area contributed by atoms with Crippen molar-refractivity contribution in [3.05, 3.63) is 0 Å². The zero-order chi connectivity index (χ0) is 8.97. The van der Waals surface area contributed by atoms with Gasteiger partial charge >= 0.3 is 0 Å². The minimum absolute atomic E-state index is 0.602. The van der Waals surface area contributed by atoms with Gasteiger partial charge in [-0.3, -0.25) is 9.69 Å². The topological polar surface area (TPSA) is 23.6 Å². The zero-order valence-corrected chi connectivity index (χ0v) is 7.99. The first-order valence-corrected chi connectivity index (χ1v) is 4.67. The Morgan fingerprint density at radius 2 is 2.42 bits per heavy atom. The molecule has 70 valence electrons. The molecule has 0 aromatic heterocycles. The highest BCUT2D eigenvalue weighted by Gasteiger charge is 2.23. The minimum atomic E-state index is 0.602. The molecule has 1 rings (SSSR count). The molecular formula is C9H18N2O. The molecule has 1 unspecified atom stereocenters. The number of amides is 1. The molecule has 0 spiro atoms. The summed E-state index contributed by atoms with van der Waals surface area (Å²) in [5, 5.41) is 0. The van der Waals surface area contributed by atoms with Gasteiger partial charge in [0.15, 0.2) is 0 Å². The molecule has 0 radical (unpaired) electrons. The molecular weight excluding hydrogens is 152 g/mol. The number of carbonyl (C=O) groups excluding carboxylic acids is 1. The third kappa shape index (κ3) is 2.21. The van der Waals surface area contributed by atoms with Crippen LogP contribution in [0, 0.1) is 0 Å². The van der Waals surface area contributed by atoms with Gasteiger partial charge in [0, 0.05) is 19.6 Å². The maximum absolute atomic E-state index is 10.4.